The zero-order valence-corrected chi connectivity index (χ0v) is 12.8. The van der Waals surface area contributed by atoms with Gasteiger partial charge in [0.1, 0.15) is 5.82 Å². The third-order valence-corrected chi connectivity index (χ3v) is 4.95. The second-order valence-corrected chi connectivity index (χ2v) is 6.21. The highest BCUT2D eigenvalue weighted by Crippen LogP contribution is 2.27. The van der Waals surface area contributed by atoms with E-state index in [0.29, 0.717) is 12.0 Å². The Balaban J connectivity index is 1.90. The summed E-state index contributed by atoms with van der Waals surface area (Å²) in [7, 11) is 0. The van der Waals surface area contributed by atoms with E-state index in [1.165, 1.54) is 6.07 Å². The van der Waals surface area contributed by atoms with Crippen LogP contribution in [0.1, 0.15) is 5.56 Å². The van der Waals surface area contributed by atoms with Crippen LogP contribution in [0.25, 0.3) is 0 Å². The monoisotopic (exact) mass is 339 g/mol. The molecule has 0 bridgehead atoms. The number of halogens is 2. The van der Waals surface area contributed by atoms with E-state index in [4.69, 9.17) is 5.73 Å². The number of hydrogen-bond acceptors (Lipinski definition) is 2. The van der Waals surface area contributed by atoms with E-state index in [9.17, 15) is 4.39 Å². The second-order valence-electron chi connectivity index (χ2n) is 4.30. The van der Waals surface area contributed by atoms with Crippen LogP contribution in [0.3, 0.4) is 0 Å². The zero-order chi connectivity index (χ0) is 13.7. The Hall–Kier alpha value is -0.840. The van der Waals surface area contributed by atoms with Crippen molar-refractivity contribution < 1.29 is 4.39 Å². The average Bonchev–Trinajstić information content (AvgIpc) is 2.40. The van der Waals surface area contributed by atoms with Gasteiger partial charge in [0, 0.05) is 21.2 Å². The van der Waals surface area contributed by atoms with Gasteiger partial charge in [-0.3, -0.25) is 0 Å². The van der Waals surface area contributed by atoms with Crippen LogP contribution < -0.4 is 5.73 Å². The van der Waals surface area contributed by atoms with Crippen LogP contribution in [0.15, 0.2) is 57.9 Å². The van der Waals surface area contributed by atoms with Gasteiger partial charge in [0.15, 0.2) is 0 Å². The van der Waals surface area contributed by atoms with Crippen molar-refractivity contribution in [3.05, 3.63) is 64.4 Å². The molecule has 19 heavy (non-hydrogen) atoms. The molecule has 2 rings (SSSR count). The minimum atomic E-state index is -0.177. The molecule has 0 fully saturated rings. The summed E-state index contributed by atoms with van der Waals surface area (Å²) in [4.78, 5) is 1.16. The molecular weight excluding hydrogens is 325 g/mol. The first-order valence-corrected chi connectivity index (χ1v) is 7.81. The molecule has 2 N–H and O–H groups in total. The van der Waals surface area contributed by atoms with Gasteiger partial charge in [-0.2, -0.15) is 0 Å². The van der Waals surface area contributed by atoms with E-state index in [0.717, 1.165) is 15.1 Å². The highest BCUT2D eigenvalue weighted by molar-refractivity contribution is 9.10. The topological polar surface area (TPSA) is 26.0 Å². The largest absolute Gasteiger partial charge is 0.327 e. The summed E-state index contributed by atoms with van der Waals surface area (Å²) in [5, 5.41) is 0. The summed E-state index contributed by atoms with van der Waals surface area (Å²) < 4.78 is 14.6. The summed E-state index contributed by atoms with van der Waals surface area (Å²) in [6.07, 6.45) is 0.560. The molecule has 0 aliphatic heterocycles. The van der Waals surface area contributed by atoms with Crippen molar-refractivity contribution in [3.8, 4) is 0 Å². The number of nitrogens with two attached hydrogens (primary N) is 1. The molecule has 0 saturated carbocycles. The molecule has 0 amide bonds. The third kappa shape index (κ3) is 4.34. The lowest BCUT2D eigenvalue weighted by Gasteiger charge is -2.12. The molecule has 2 aromatic rings. The molecule has 0 aromatic heterocycles. The van der Waals surface area contributed by atoms with Gasteiger partial charge in [-0.1, -0.05) is 30.3 Å². The van der Waals surface area contributed by atoms with Gasteiger partial charge in [0.2, 0.25) is 0 Å². The fraction of sp³-hybridized carbons (Fsp3) is 0.200. The van der Waals surface area contributed by atoms with Gasteiger partial charge < -0.3 is 5.73 Å². The molecular formula is C15H15BrFNS. The molecule has 100 valence electrons. The minimum Gasteiger partial charge on any atom is -0.327 e. The van der Waals surface area contributed by atoms with Crippen LogP contribution in [-0.4, -0.2) is 11.8 Å². The van der Waals surface area contributed by atoms with Crippen molar-refractivity contribution in [2.45, 2.75) is 17.4 Å². The molecule has 0 aliphatic rings. The van der Waals surface area contributed by atoms with Crippen LogP contribution in [-0.2, 0) is 6.42 Å². The number of benzene rings is 2. The van der Waals surface area contributed by atoms with Crippen molar-refractivity contribution in [2.75, 3.05) is 5.75 Å². The molecule has 4 heteroatoms. The SMILES string of the molecule is NC(CSc1ccccc1Br)Cc1ccccc1F. The van der Waals surface area contributed by atoms with E-state index in [2.05, 4.69) is 15.9 Å². The maximum atomic E-state index is 13.5. The van der Waals surface area contributed by atoms with E-state index in [-0.39, 0.29) is 11.9 Å². The fourth-order valence-corrected chi connectivity index (χ4v) is 3.28. The van der Waals surface area contributed by atoms with E-state index < -0.39 is 0 Å². The summed E-state index contributed by atoms with van der Waals surface area (Å²) >= 11 is 5.19. The van der Waals surface area contributed by atoms with Crippen LogP contribution in [0.2, 0.25) is 0 Å². The van der Waals surface area contributed by atoms with Crippen molar-refractivity contribution >= 4 is 27.7 Å². The van der Waals surface area contributed by atoms with Gasteiger partial charge in [0.25, 0.3) is 0 Å². The smallest absolute Gasteiger partial charge is 0.126 e. The molecule has 0 radical (unpaired) electrons. The minimum absolute atomic E-state index is 0.0611. The summed E-state index contributed by atoms with van der Waals surface area (Å²) in [6, 6.07) is 14.8. The number of hydrogen-bond donors (Lipinski definition) is 1. The quantitative estimate of drug-likeness (QED) is 0.824. The molecule has 0 heterocycles. The predicted octanol–water partition coefficient (Wildman–Crippen LogP) is 4.25. The first-order chi connectivity index (χ1) is 9.16. The predicted molar refractivity (Wildman–Crippen MR) is 82.9 cm³/mol. The lowest BCUT2D eigenvalue weighted by Crippen LogP contribution is -2.26. The van der Waals surface area contributed by atoms with Crippen LogP contribution >= 0.6 is 27.7 Å². The van der Waals surface area contributed by atoms with Crippen LogP contribution in [0.5, 0.6) is 0 Å². The summed E-state index contributed by atoms with van der Waals surface area (Å²) in [6.45, 7) is 0. The Kier molecular flexibility index (Phi) is 5.43. The number of rotatable bonds is 5. The van der Waals surface area contributed by atoms with Gasteiger partial charge in [0.05, 0.1) is 0 Å². The lowest BCUT2D eigenvalue weighted by molar-refractivity contribution is 0.597. The van der Waals surface area contributed by atoms with Crippen LogP contribution in [0.4, 0.5) is 4.39 Å². The zero-order valence-electron chi connectivity index (χ0n) is 10.4. The normalized spacial score (nSPS) is 12.4. The Morgan fingerprint density at radius 2 is 1.79 bits per heavy atom. The van der Waals surface area contributed by atoms with Crippen LogP contribution in [0, 0.1) is 5.82 Å². The first kappa shape index (κ1) is 14.6. The molecule has 0 aliphatic carbocycles. The third-order valence-electron chi connectivity index (χ3n) is 2.73. The Bertz CT molecular complexity index is 547. The maximum absolute atomic E-state index is 13.5. The van der Waals surface area contributed by atoms with Gasteiger partial charge in [-0.15, -0.1) is 11.8 Å². The van der Waals surface area contributed by atoms with E-state index in [1.54, 1.807) is 23.9 Å². The maximum Gasteiger partial charge on any atom is 0.126 e. The molecule has 0 spiro atoms. The van der Waals surface area contributed by atoms with E-state index >= 15 is 0 Å². The van der Waals surface area contributed by atoms with Gasteiger partial charge >= 0.3 is 0 Å². The summed E-state index contributed by atoms with van der Waals surface area (Å²) in [5.74, 6) is 0.584. The van der Waals surface area contributed by atoms with Crippen molar-refractivity contribution in [1.29, 1.82) is 0 Å². The Labute approximate surface area is 125 Å². The van der Waals surface area contributed by atoms with Crippen molar-refractivity contribution in [3.63, 3.8) is 0 Å². The molecule has 1 nitrogen and oxygen atoms in total. The molecule has 0 saturated heterocycles. The Morgan fingerprint density at radius 3 is 2.53 bits per heavy atom. The average molecular weight is 340 g/mol. The molecule has 1 atom stereocenters. The van der Waals surface area contributed by atoms with Crippen molar-refractivity contribution in [1.82, 2.24) is 0 Å². The highest BCUT2D eigenvalue weighted by atomic mass is 79.9. The fourth-order valence-electron chi connectivity index (χ4n) is 1.76. The summed E-state index contributed by atoms with van der Waals surface area (Å²) in [5.41, 5.74) is 6.75. The van der Waals surface area contributed by atoms with Crippen molar-refractivity contribution in [2.24, 2.45) is 5.73 Å². The second kappa shape index (κ2) is 7.08. The molecule has 1 unspecified atom stereocenters. The molecule has 2 aromatic carbocycles. The lowest BCUT2D eigenvalue weighted by atomic mass is 10.1. The Morgan fingerprint density at radius 1 is 1.11 bits per heavy atom. The first-order valence-electron chi connectivity index (χ1n) is 6.03. The van der Waals surface area contributed by atoms with Gasteiger partial charge in [-0.05, 0) is 46.1 Å². The highest BCUT2D eigenvalue weighted by Gasteiger charge is 2.09. The van der Waals surface area contributed by atoms with Gasteiger partial charge in [-0.25, -0.2) is 4.39 Å². The van der Waals surface area contributed by atoms with E-state index in [1.807, 2.05) is 30.3 Å². The standard InChI is InChI=1S/C15H15BrFNS/c16-13-6-2-4-8-15(13)19-10-12(18)9-11-5-1-3-7-14(11)17/h1-8,12H,9-10,18H2. The number of thioether (sulfide) groups is 1.